The Morgan fingerprint density at radius 2 is 1.84 bits per heavy atom. The third-order valence-corrected chi connectivity index (χ3v) is 5.64. The standard InChI is InChI=1S/C26H27N3O2/c1-29-18-24(22-8-3-4-9-25(22)29)23(19-10-12-21(31-2)13-11-19)17-26(30)28-16-14-20-7-5-6-15-27-20/h3-13,15,18,23H,14,16-17H2,1-2H3,(H,28,30). The van der Waals surface area contributed by atoms with Gasteiger partial charge >= 0.3 is 0 Å². The summed E-state index contributed by atoms with van der Waals surface area (Å²) in [6.07, 6.45) is 5.01. The summed E-state index contributed by atoms with van der Waals surface area (Å²) in [5, 5.41) is 4.24. The third-order valence-electron chi connectivity index (χ3n) is 5.64. The van der Waals surface area contributed by atoms with Crippen LogP contribution in [0.2, 0.25) is 0 Å². The number of hydrogen-bond acceptors (Lipinski definition) is 3. The number of fused-ring (bicyclic) bond motifs is 1. The van der Waals surface area contributed by atoms with Gasteiger partial charge in [0.2, 0.25) is 5.91 Å². The van der Waals surface area contributed by atoms with Crippen molar-refractivity contribution in [1.29, 1.82) is 0 Å². The first-order valence-corrected chi connectivity index (χ1v) is 10.5. The highest BCUT2D eigenvalue weighted by molar-refractivity contribution is 5.86. The highest BCUT2D eigenvalue weighted by Crippen LogP contribution is 2.35. The van der Waals surface area contributed by atoms with Gasteiger partial charge < -0.3 is 14.6 Å². The van der Waals surface area contributed by atoms with Gasteiger partial charge in [0, 0.05) is 61.3 Å². The highest BCUT2D eigenvalue weighted by atomic mass is 16.5. The van der Waals surface area contributed by atoms with Gasteiger partial charge in [0.1, 0.15) is 5.75 Å². The Hall–Kier alpha value is -3.60. The van der Waals surface area contributed by atoms with E-state index in [1.807, 2.05) is 61.6 Å². The van der Waals surface area contributed by atoms with Crippen LogP contribution in [0.3, 0.4) is 0 Å². The number of aromatic nitrogens is 2. The number of nitrogens with one attached hydrogen (secondary N) is 1. The predicted molar refractivity (Wildman–Crippen MR) is 123 cm³/mol. The van der Waals surface area contributed by atoms with Crippen LogP contribution in [0.25, 0.3) is 10.9 Å². The van der Waals surface area contributed by atoms with Crippen LogP contribution >= 0.6 is 0 Å². The van der Waals surface area contributed by atoms with Crippen molar-refractivity contribution in [3.63, 3.8) is 0 Å². The van der Waals surface area contributed by atoms with Gasteiger partial charge in [-0.3, -0.25) is 9.78 Å². The number of ether oxygens (including phenoxy) is 1. The van der Waals surface area contributed by atoms with E-state index in [0.29, 0.717) is 19.4 Å². The van der Waals surface area contributed by atoms with Crippen LogP contribution in [-0.4, -0.2) is 29.1 Å². The molecule has 4 aromatic rings. The quantitative estimate of drug-likeness (QED) is 0.464. The minimum absolute atomic E-state index is 0.0321. The Balaban J connectivity index is 1.57. The van der Waals surface area contributed by atoms with E-state index in [1.54, 1.807) is 13.3 Å². The number of methoxy groups -OCH3 is 1. The number of nitrogens with zero attached hydrogens (tertiary/aromatic N) is 2. The lowest BCUT2D eigenvalue weighted by molar-refractivity contribution is -0.121. The van der Waals surface area contributed by atoms with Crippen LogP contribution in [0.15, 0.2) is 79.1 Å². The summed E-state index contributed by atoms with van der Waals surface area (Å²) in [7, 11) is 3.70. The molecule has 0 fully saturated rings. The Morgan fingerprint density at radius 3 is 2.58 bits per heavy atom. The molecule has 0 aliphatic heterocycles. The second-order valence-corrected chi connectivity index (χ2v) is 7.66. The number of aryl methyl sites for hydroxylation is 1. The number of para-hydroxylation sites is 1. The molecule has 2 heterocycles. The van der Waals surface area contributed by atoms with Crippen molar-refractivity contribution in [3.05, 3.63) is 95.9 Å². The van der Waals surface area contributed by atoms with Crippen LogP contribution in [0, 0.1) is 0 Å². The molecule has 0 spiro atoms. The van der Waals surface area contributed by atoms with Crippen molar-refractivity contribution in [3.8, 4) is 5.75 Å². The molecule has 1 amide bonds. The molecule has 2 aromatic carbocycles. The molecule has 5 heteroatoms. The molecule has 1 atom stereocenters. The minimum Gasteiger partial charge on any atom is -0.497 e. The van der Waals surface area contributed by atoms with Crippen molar-refractivity contribution >= 4 is 16.8 Å². The molecule has 0 saturated carbocycles. The Bertz CT molecular complexity index is 1150. The van der Waals surface area contributed by atoms with E-state index in [-0.39, 0.29) is 11.8 Å². The molecule has 5 nitrogen and oxygen atoms in total. The number of carbonyl (C=O) groups is 1. The van der Waals surface area contributed by atoms with E-state index >= 15 is 0 Å². The molecule has 2 aromatic heterocycles. The number of amides is 1. The van der Waals surface area contributed by atoms with Gasteiger partial charge in [-0.25, -0.2) is 0 Å². The zero-order chi connectivity index (χ0) is 21.6. The molecule has 0 bridgehead atoms. The van der Waals surface area contributed by atoms with Crippen molar-refractivity contribution in [2.75, 3.05) is 13.7 Å². The number of carbonyl (C=O) groups excluding carboxylic acids is 1. The molecule has 1 N–H and O–H groups in total. The normalized spacial score (nSPS) is 11.9. The maximum absolute atomic E-state index is 12.9. The minimum atomic E-state index is -0.0492. The Kier molecular flexibility index (Phi) is 6.32. The predicted octanol–water partition coefficient (Wildman–Crippen LogP) is 4.46. The fraction of sp³-hybridized carbons (Fsp3) is 0.231. The van der Waals surface area contributed by atoms with Gasteiger partial charge in [0.15, 0.2) is 0 Å². The molecule has 0 saturated heterocycles. The largest absolute Gasteiger partial charge is 0.497 e. The van der Waals surface area contributed by atoms with Gasteiger partial charge in [0.05, 0.1) is 7.11 Å². The molecule has 0 radical (unpaired) electrons. The van der Waals surface area contributed by atoms with Crippen molar-refractivity contribution in [1.82, 2.24) is 14.9 Å². The van der Waals surface area contributed by atoms with E-state index in [4.69, 9.17) is 4.74 Å². The fourth-order valence-corrected chi connectivity index (χ4v) is 4.03. The van der Waals surface area contributed by atoms with Crippen molar-refractivity contribution in [2.45, 2.75) is 18.8 Å². The van der Waals surface area contributed by atoms with Gasteiger partial charge in [0.25, 0.3) is 0 Å². The number of hydrogen-bond donors (Lipinski definition) is 1. The summed E-state index contributed by atoms with van der Waals surface area (Å²) in [5.41, 5.74) is 4.38. The van der Waals surface area contributed by atoms with Crippen LogP contribution in [0.1, 0.15) is 29.2 Å². The van der Waals surface area contributed by atoms with Crippen LogP contribution in [0.4, 0.5) is 0 Å². The molecular formula is C26H27N3O2. The second-order valence-electron chi connectivity index (χ2n) is 7.66. The lowest BCUT2D eigenvalue weighted by atomic mass is 9.88. The maximum atomic E-state index is 12.9. The lowest BCUT2D eigenvalue weighted by Crippen LogP contribution is -2.27. The summed E-state index contributed by atoms with van der Waals surface area (Å²) < 4.78 is 7.44. The Labute approximate surface area is 182 Å². The summed E-state index contributed by atoms with van der Waals surface area (Å²) >= 11 is 0. The monoisotopic (exact) mass is 413 g/mol. The molecule has 0 aliphatic rings. The molecule has 158 valence electrons. The van der Waals surface area contributed by atoms with Crippen LogP contribution in [0.5, 0.6) is 5.75 Å². The van der Waals surface area contributed by atoms with E-state index in [2.05, 4.69) is 33.2 Å². The zero-order valence-electron chi connectivity index (χ0n) is 17.9. The Morgan fingerprint density at radius 1 is 1.06 bits per heavy atom. The van der Waals surface area contributed by atoms with Crippen molar-refractivity contribution in [2.24, 2.45) is 7.05 Å². The van der Waals surface area contributed by atoms with E-state index in [9.17, 15) is 4.79 Å². The average Bonchev–Trinajstić information content (AvgIpc) is 3.15. The van der Waals surface area contributed by atoms with Crippen LogP contribution in [-0.2, 0) is 18.3 Å². The van der Waals surface area contributed by atoms with Gasteiger partial charge in [-0.2, -0.15) is 0 Å². The number of rotatable bonds is 8. The molecule has 4 rings (SSSR count). The number of benzene rings is 2. The lowest BCUT2D eigenvalue weighted by Gasteiger charge is -2.18. The molecule has 31 heavy (non-hydrogen) atoms. The highest BCUT2D eigenvalue weighted by Gasteiger charge is 2.22. The summed E-state index contributed by atoms with van der Waals surface area (Å²) in [4.78, 5) is 17.2. The summed E-state index contributed by atoms with van der Waals surface area (Å²) in [6, 6.07) is 22.1. The van der Waals surface area contributed by atoms with E-state index in [1.165, 1.54) is 5.39 Å². The summed E-state index contributed by atoms with van der Waals surface area (Å²) in [5.74, 6) is 0.789. The molecule has 0 aliphatic carbocycles. The molecular weight excluding hydrogens is 386 g/mol. The number of pyridine rings is 1. The van der Waals surface area contributed by atoms with Crippen molar-refractivity contribution < 1.29 is 9.53 Å². The fourth-order valence-electron chi connectivity index (χ4n) is 4.03. The summed E-state index contributed by atoms with van der Waals surface area (Å²) in [6.45, 7) is 0.570. The van der Waals surface area contributed by atoms with Gasteiger partial charge in [-0.1, -0.05) is 36.4 Å². The first-order valence-electron chi connectivity index (χ1n) is 10.5. The maximum Gasteiger partial charge on any atom is 0.220 e. The first-order chi connectivity index (χ1) is 15.2. The van der Waals surface area contributed by atoms with E-state index in [0.717, 1.165) is 28.1 Å². The second kappa shape index (κ2) is 9.47. The average molecular weight is 414 g/mol. The van der Waals surface area contributed by atoms with Crippen LogP contribution < -0.4 is 10.1 Å². The SMILES string of the molecule is COc1ccc(C(CC(=O)NCCc2ccccn2)c2cn(C)c3ccccc23)cc1. The smallest absolute Gasteiger partial charge is 0.220 e. The zero-order valence-corrected chi connectivity index (χ0v) is 17.9. The third kappa shape index (κ3) is 4.77. The van der Waals surface area contributed by atoms with E-state index < -0.39 is 0 Å². The topological polar surface area (TPSA) is 56.1 Å². The van der Waals surface area contributed by atoms with Gasteiger partial charge in [-0.15, -0.1) is 0 Å². The van der Waals surface area contributed by atoms with Gasteiger partial charge in [-0.05, 0) is 41.5 Å². The molecule has 1 unspecified atom stereocenters. The first kappa shape index (κ1) is 20.7.